The Morgan fingerprint density at radius 2 is 1.82 bits per heavy atom. The van der Waals surface area contributed by atoms with Gasteiger partial charge >= 0.3 is 0 Å². The number of rotatable bonds is 13. The summed E-state index contributed by atoms with van der Waals surface area (Å²) in [5, 5.41) is 4.09. The highest BCUT2D eigenvalue weighted by molar-refractivity contribution is 8.06. The monoisotopic (exact) mass is 625 g/mol. The molecule has 0 heterocycles. The molecule has 1 atom stereocenters. The van der Waals surface area contributed by atoms with E-state index in [4.69, 9.17) is 24.9 Å². The van der Waals surface area contributed by atoms with E-state index in [1.165, 1.54) is 22.3 Å². The third-order valence-corrected chi connectivity index (χ3v) is 9.14. The van der Waals surface area contributed by atoms with Gasteiger partial charge in [0.1, 0.15) is 0 Å². The van der Waals surface area contributed by atoms with Crippen molar-refractivity contribution in [3.63, 3.8) is 0 Å². The number of thiol groups is 1. The van der Waals surface area contributed by atoms with Gasteiger partial charge in [0.15, 0.2) is 0 Å². The summed E-state index contributed by atoms with van der Waals surface area (Å²) < 4.78 is 0. The van der Waals surface area contributed by atoms with Crippen LogP contribution in [-0.2, 0) is 11.8 Å². The minimum Gasteiger partial charge on any atom is -0.327 e. The Bertz CT molecular complexity index is 1700. The van der Waals surface area contributed by atoms with E-state index in [0.29, 0.717) is 6.54 Å². The minimum atomic E-state index is -0.718. The standard InChI is InChI=1S/C42H43NS2/c1-4-5-6-9-16-30-45-41-24-17-23-40(41)42(34(3)26-25-33(2)18-10-7-8-15-29-43)38(32-44)31-37(35-19-11-12-20-35)28-27-36-21-13-14-22-39(36)42/h4-11,13-17,21-22,24-26,30-32,44H,2-3,12,18,20,27-29,43H2,1H3/b5-4-,9-6+,10-7-,15-8-,26-25-,30-16+,37-31+,38-32-. The van der Waals surface area contributed by atoms with Crippen LogP contribution in [0.2, 0.25) is 0 Å². The van der Waals surface area contributed by atoms with Crippen molar-refractivity contribution in [2.75, 3.05) is 6.54 Å². The average molecular weight is 626 g/mol. The fraction of sp³-hybridized carbons (Fsp3) is 0.190. The number of allylic oxidation sites excluding steroid dienone is 18. The highest BCUT2D eigenvalue weighted by atomic mass is 32.2. The van der Waals surface area contributed by atoms with Gasteiger partial charge in [-0.25, -0.2) is 0 Å². The second-order valence-corrected chi connectivity index (χ2v) is 12.1. The van der Waals surface area contributed by atoms with Crippen molar-refractivity contribution in [2.45, 2.75) is 44.4 Å². The van der Waals surface area contributed by atoms with Crippen LogP contribution in [0.4, 0.5) is 0 Å². The van der Waals surface area contributed by atoms with E-state index < -0.39 is 5.41 Å². The first-order valence-electron chi connectivity index (χ1n) is 15.5. The summed E-state index contributed by atoms with van der Waals surface area (Å²) in [5.74, 6) is 0. The van der Waals surface area contributed by atoms with Crippen LogP contribution in [0, 0.1) is 0 Å². The van der Waals surface area contributed by atoms with Gasteiger partial charge in [0.05, 0.1) is 5.41 Å². The van der Waals surface area contributed by atoms with E-state index in [-0.39, 0.29) is 0 Å². The maximum atomic E-state index is 5.57. The highest BCUT2D eigenvalue weighted by Crippen LogP contribution is 2.54. The largest absolute Gasteiger partial charge is 0.327 e. The molecule has 0 aromatic heterocycles. The summed E-state index contributed by atoms with van der Waals surface area (Å²) in [6.45, 7) is 11.7. The Hall–Kier alpha value is -3.94. The third-order valence-electron chi connectivity index (χ3n) is 7.97. The van der Waals surface area contributed by atoms with Gasteiger partial charge in [-0.1, -0.05) is 128 Å². The zero-order chi connectivity index (χ0) is 31.9. The third kappa shape index (κ3) is 8.41. The van der Waals surface area contributed by atoms with Crippen molar-refractivity contribution in [1.82, 2.24) is 0 Å². The van der Waals surface area contributed by atoms with E-state index in [1.54, 1.807) is 11.8 Å². The molecule has 3 heteroatoms. The molecule has 0 aliphatic heterocycles. The molecule has 4 rings (SSSR count). The van der Waals surface area contributed by atoms with Crippen molar-refractivity contribution in [2.24, 2.45) is 5.73 Å². The van der Waals surface area contributed by atoms with Crippen LogP contribution in [0.25, 0.3) is 0 Å². The quantitative estimate of drug-likeness (QED) is 0.130. The van der Waals surface area contributed by atoms with Crippen LogP contribution in [0.5, 0.6) is 0 Å². The Kier molecular flexibility index (Phi) is 13.2. The molecule has 3 aliphatic carbocycles. The molecule has 3 aliphatic rings. The molecular weight excluding hydrogens is 583 g/mol. The van der Waals surface area contributed by atoms with Gasteiger partial charge in [-0.3, -0.25) is 0 Å². The molecule has 0 bridgehead atoms. The van der Waals surface area contributed by atoms with Gasteiger partial charge in [0.25, 0.3) is 0 Å². The first-order chi connectivity index (χ1) is 22.1. The van der Waals surface area contributed by atoms with Gasteiger partial charge in [0.2, 0.25) is 0 Å². The van der Waals surface area contributed by atoms with Gasteiger partial charge in [0, 0.05) is 17.0 Å². The molecule has 1 nitrogen and oxygen atoms in total. The lowest BCUT2D eigenvalue weighted by Gasteiger charge is -2.41. The first kappa shape index (κ1) is 33.9. The SMILES string of the molecule is C=C(/C=C\C(=C)C1(C2=C=CC=C2S/C=C/C=C/C=C\C)C(=C\S)/C=C(/C2=C=CCC2)CCc2ccccc21)C/C=C\C=C/CN. The maximum absolute atomic E-state index is 5.57. The lowest BCUT2D eigenvalue weighted by molar-refractivity contribution is 0.715. The fourth-order valence-corrected chi connectivity index (χ4v) is 6.88. The lowest BCUT2D eigenvalue weighted by atomic mass is 9.62. The van der Waals surface area contributed by atoms with Crippen molar-refractivity contribution in [3.8, 4) is 0 Å². The summed E-state index contributed by atoms with van der Waals surface area (Å²) in [6, 6.07) is 8.80. The zero-order valence-corrected chi connectivity index (χ0v) is 27.9. The predicted octanol–water partition coefficient (Wildman–Crippen LogP) is 11.0. The van der Waals surface area contributed by atoms with Crippen molar-refractivity contribution in [3.05, 3.63) is 200 Å². The molecular formula is C42H43NS2. The lowest BCUT2D eigenvalue weighted by Crippen LogP contribution is -2.34. The fourth-order valence-electron chi connectivity index (χ4n) is 5.81. The number of fused-ring (bicyclic) bond motifs is 1. The molecule has 0 fully saturated rings. The van der Waals surface area contributed by atoms with Crippen LogP contribution in [0.1, 0.15) is 43.7 Å². The van der Waals surface area contributed by atoms with Crippen LogP contribution >= 0.6 is 24.4 Å². The van der Waals surface area contributed by atoms with Crippen LogP contribution in [-0.4, -0.2) is 6.54 Å². The van der Waals surface area contributed by atoms with Crippen molar-refractivity contribution < 1.29 is 0 Å². The molecule has 0 amide bonds. The van der Waals surface area contributed by atoms with E-state index in [1.807, 2.05) is 60.9 Å². The van der Waals surface area contributed by atoms with E-state index >= 15 is 0 Å². The second-order valence-electron chi connectivity index (χ2n) is 10.9. The summed E-state index contributed by atoms with van der Waals surface area (Å²) in [7, 11) is 0. The topological polar surface area (TPSA) is 26.0 Å². The molecule has 0 spiro atoms. The van der Waals surface area contributed by atoms with Crippen LogP contribution in [0.3, 0.4) is 0 Å². The van der Waals surface area contributed by atoms with Gasteiger partial charge in [-0.15, -0.1) is 11.5 Å². The zero-order valence-electron chi connectivity index (χ0n) is 26.2. The number of thioether (sulfide) groups is 1. The molecule has 1 aromatic rings. The maximum Gasteiger partial charge on any atom is 0.0787 e. The molecule has 228 valence electrons. The Balaban J connectivity index is 1.86. The van der Waals surface area contributed by atoms with E-state index in [2.05, 4.69) is 90.2 Å². The van der Waals surface area contributed by atoms with Crippen LogP contribution < -0.4 is 5.73 Å². The number of benzene rings is 1. The summed E-state index contributed by atoms with van der Waals surface area (Å²) in [6.07, 6.45) is 35.8. The van der Waals surface area contributed by atoms with E-state index in [0.717, 1.165) is 59.3 Å². The number of aryl methyl sites for hydroxylation is 1. The van der Waals surface area contributed by atoms with Gasteiger partial charge < -0.3 is 5.73 Å². The average Bonchev–Trinajstić information content (AvgIpc) is 3.76. The van der Waals surface area contributed by atoms with Gasteiger partial charge in [-0.2, -0.15) is 12.6 Å². The molecule has 0 radical (unpaired) electrons. The Morgan fingerprint density at radius 3 is 2.60 bits per heavy atom. The minimum absolute atomic E-state index is 0.529. The Morgan fingerprint density at radius 1 is 1.00 bits per heavy atom. The van der Waals surface area contributed by atoms with Crippen molar-refractivity contribution >= 4 is 24.4 Å². The summed E-state index contributed by atoms with van der Waals surface area (Å²) >= 11 is 6.59. The normalized spacial score (nSPS) is 22.2. The number of hydrogen-bond donors (Lipinski definition) is 2. The molecule has 2 N–H and O–H groups in total. The predicted molar refractivity (Wildman–Crippen MR) is 202 cm³/mol. The van der Waals surface area contributed by atoms with E-state index in [9.17, 15) is 0 Å². The highest BCUT2D eigenvalue weighted by Gasteiger charge is 2.45. The second kappa shape index (κ2) is 17.5. The van der Waals surface area contributed by atoms with Crippen LogP contribution in [0.15, 0.2) is 189 Å². The molecule has 45 heavy (non-hydrogen) atoms. The molecule has 0 saturated carbocycles. The Labute approximate surface area is 280 Å². The first-order valence-corrected chi connectivity index (χ1v) is 16.9. The smallest absolute Gasteiger partial charge is 0.0787 e. The summed E-state index contributed by atoms with van der Waals surface area (Å²) in [4.78, 5) is 1.13. The van der Waals surface area contributed by atoms with Gasteiger partial charge in [-0.05, 0) is 101 Å². The number of hydrogen-bond acceptors (Lipinski definition) is 3. The van der Waals surface area contributed by atoms with Crippen molar-refractivity contribution in [1.29, 1.82) is 0 Å². The molecule has 1 unspecified atom stereocenters. The number of nitrogens with two attached hydrogens (primary N) is 1. The molecule has 0 saturated heterocycles. The summed E-state index contributed by atoms with van der Waals surface area (Å²) in [5.41, 5.74) is 21.3. The molecule has 1 aromatic carbocycles.